The van der Waals surface area contributed by atoms with Gasteiger partial charge in [0.2, 0.25) is 0 Å². The maximum Gasteiger partial charge on any atom is 0.106 e. The Hall–Kier alpha value is -1.44. The standard InChI is InChI=1S/C17H25NO/c1-11(2)17-9-15(10-19-17)7-12(3)16-8-13(4)18(6)14(16)5/h8-12H,7H2,1-6H3. The molecular weight excluding hydrogens is 234 g/mol. The van der Waals surface area contributed by atoms with Crippen molar-refractivity contribution in [2.75, 3.05) is 0 Å². The number of hydrogen-bond acceptors (Lipinski definition) is 1. The smallest absolute Gasteiger partial charge is 0.106 e. The van der Waals surface area contributed by atoms with Crippen LogP contribution >= 0.6 is 0 Å². The fourth-order valence-corrected chi connectivity index (χ4v) is 2.65. The van der Waals surface area contributed by atoms with E-state index < -0.39 is 0 Å². The summed E-state index contributed by atoms with van der Waals surface area (Å²) < 4.78 is 7.88. The number of nitrogens with zero attached hydrogens (tertiary/aromatic N) is 1. The van der Waals surface area contributed by atoms with Crippen LogP contribution in [-0.4, -0.2) is 4.57 Å². The zero-order valence-electron chi connectivity index (χ0n) is 12.9. The molecule has 104 valence electrons. The molecule has 2 nitrogen and oxygen atoms in total. The van der Waals surface area contributed by atoms with Crippen LogP contribution in [0.4, 0.5) is 0 Å². The van der Waals surface area contributed by atoms with Crippen molar-refractivity contribution in [2.24, 2.45) is 7.05 Å². The van der Waals surface area contributed by atoms with Crippen molar-refractivity contribution in [2.45, 2.75) is 52.9 Å². The Morgan fingerprint density at radius 2 is 1.84 bits per heavy atom. The van der Waals surface area contributed by atoms with Crippen LogP contribution in [0.3, 0.4) is 0 Å². The van der Waals surface area contributed by atoms with E-state index in [1.807, 2.05) is 6.26 Å². The number of aryl methyl sites for hydroxylation is 1. The van der Waals surface area contributed by atoms with Crippen molar-refractivity contribution in [1.82, 2.24) is 4.57 Å². The van der Waals surface area contributed by atoms with Crippen LogP contribution in [-0.2, 0) is 13.5 Å². The molecule has 0 aliphatic carbocycles. The first-order valence-corrected chi connectivity index (χ1v) is 7.10. The maximum absolute atomic E-state index is 5.62. The molecule has 1 atom stereocenters. The molecule has 2 heterocycles. The van der Waals surface area contributed by atoms with E-state index in [-0.39, 0.29) is 0 Å². The zero-order chi connectivity index (χ0) is 14.2. The Balaban J connectivity index is 2.15. The lowest BCUT2D eigenvalue weighted by molar-refractivity contribution is 0.485. The molecule has 2 heteroatoms. The third kappa shape index (κ3) is 2.78. The second-order valence-electron chi connectivity index (χ2n) is 6.00. The van der Waals surface area contributed by atoms with E-state index in [9.17, 15) is 0 Å². The second kappa shape index (κ2) is 5.28. The molecule has 0 fully saturated rings. The molecule has 0 N–H and O–H groups in total. The van der Waals surface area contributed by atoms with E-state index in [0.717, 1.165) is 12.2 Å². The van der Waals surface area contributed by atoms with Crippen molar-refractivity contribution in [3.05, 3.63) is 46.7 Å². The summed E-state index contributed by atoms with van der Waals surface area (Å²) >= 11 is 0. The van der Waals surface area contributed by atoms with Gasteiger partial charge in [-0.3, -0.25) is 0 Å². The normalized spacial score (nSPS) is 13.2. The van der Waals surface area contributed by atoms with Crippen LogP contribution in [0.5, 0.6) is 0 Å². The number of rotatable bonds is 4. The minimum Gasteiger partial charge on any atom is -0.469 e. The average Bonchev–Trinajstić information content (AvgIpc) is 2.90. The number of aromatic nitrogens is 1. The summed E-state index contributed by atoms with van der Waals surface area (Å²) in [6.45, 7) is 11.0. The fraction of sp³-hybridized carbons (Fsp3) is 0.529. The van der Waals surface area contributed by atoms with E-state index in [1.54, 1.807) is 0 Å². The molecule has 19 heavy (non-hydrogen) atoms. The minimum atomic E-state index is 0.463. The fourth-order valence-electron chi connectivity index (χ4n) is 2.65. The largest absolute Gasteiger partial charge is 0.469 e. The third-order valence-corrected chi connectivity index (χ3v) is 4.13. The SMILES string of the molecule is Cc1cc(C(C)Cc2coc(C(C)C)c2)c(C)n1C. The molecule has 0 radical (unpaired) electrons. The Bertz CT molecular complexity index is 560. The van der Waals surface area contributed by atoms with E-state index in [2.05, 4.69) is 58.4 Å². The highest BCUT2D eigenvalue weighted by atomic mass is 16.3. The lowest BCUT2D eigenvalue weighted by atomic mass is 9.94. The summed E-state index contributed by atoms with van der Waals surface area (Å²) in [6.07, 6.45) is 2.96. The molecule has 0 amide bonds. The van der Waals surface area contributed by atoms with E-state index in [1.165, 1.54) is 22.5 Å². The van der Waals surface area contributed by atoms with Gasteiger partial charge in [-0.2, -0.15) is 0 Å². The monoisotopic (exact) mass is 259 g/mol. The van der Waals surface area contributed by atoms with Gasteiger partial charge in [0.05, 0.1) is 6.26 Å². The Morgan fingerprint density at radius 1 is 1.16 bits per heavy atom. The van der Waals surface area contributed by atoms with Gasteiger partial charge in [0.25, 0.3) is 0 Å². The minimum absolute atomic E-state index is 0.463. The molecule has 2 aromatic rings. The summed E-state index contributed by atoms with van der Waals surface area (Å²) in [5.74, 6) is 2.07. The van der Waals surface area contributed by atoms with Gasteiger partial charge in [-0.05, 0) is 49.4 Å². The van der Waals surface area contributed by atoms with Gasteiger partial charge in [-0.15, -0.1) is 0 Å². The first-order valence-electron chi connectivity index (χ1n) is 7.10. The van der Waals surface area contributed by atoms with Crippen molar-refractivity contribution in [1.29, 1.82) is 0 Å². The average molecular weight is 259 g/mol. The van der Waals surface area contributed by atoms with Crippen LogP contribution < -0.4 is 0 Å². The summed E-state index contributed by atoms with van der Waals surface area (Å²) in [4.78, 5) is 0. The van der Waals surface area contributed by atoms with Crippen molar-refractivity contribution < 1.29 is 4.42 Å². The highest BCUT2D eigenvalue weighted by Gasteiger charge is 2.15. The molecule has 0 saturated carbocycles. The van der Waals surface area contributed by atoms with Crippen LogP contribution in [0.15, 0.2) is 22.8 Å². The van der Waals surface area contributed by atoms with Gasteiger partial charge in [0.1, 0.15) is 5.76 Å². The predicted molar refractivity (Wildman–Crippen MR) is 79.8 cm³/mol. The van der Waals surface area contributed by atoms with Crippen LogP contribution in [0, 0.1) is 13.8 Å². The van der Waals surface area contributed by atoms with Gasteiger partial charge < -0.3 is 8.98 Å². The first-order chi connectivity index (χ1) is 8.90. The van der Waals surface area contributed by atoms with Crippen molar-refractivity contribution >= 4 is 0 Å². The Morgan fingerprint density at radius 3 is 2.32 bits per heavy atom. The Kier molecular flexibility index (Phi) is 3.88. The number of furan rings is 1. The van der Waals surface area contributed by atoms with Crippen molar-refractivity contribution in [3.8, 4) is 0 Å². The van der Waals surface area contributed by atoms with E-state index in [4.69, 9.17) is 4.42 Å². The highest BCUT2D eigenvalue weighted by Crippen LogP contribution is 2.27. The summed E-state index contributed by atoms with van der Waals surface area (Å²) in [7, 11) is 2.13. The molecule has 2 rings (SSSR count). The second-order valence-corrected chi connectivity index (χ2v) is 6.00. The van der Waals surface area contributed by atoms with Crippen LogP contribution in [0.1, 0.15) is 60.9 Å². The van der Waals surface area contributed by atoms with Crippen LogP contribution in [0.25, 0.3) is 0 Å². The lowest BCUT2D eigenvalue weighted by Crippen LogP contribution is -2.00. The van der Waals surface area contributed by atoms with Gasteiger partial charge in [0.15, 0.2) is 0 Å². The molecule has 1 unspecified atom stereocenters. The molecule has 0 saturated heterocycles. The van der Waals surface area contributed by atoms with Crippen molar-refractivity contribution in [3.63, 3.8) is 0 Å². The predicted octanol–water partition coefficient (Wildman–Crippen LogP) is 4.70. The zero-order valence-corrected chi connectivity index (χ0v) is 12.9. The van der Waals surface area contributed by atoms with Gasteiger partial charge in [-0.25, -0.2) is 0 Å². The van der Waals surface area contributed by atoms with Gasteiger partial charge in [0, 0.05) is 24.4 Å². The number of hydrogen-bond donors (Lipinski definition) is 0. The summed E-state index contributed by atoms with van der Waals surface area (Å²) in [6, 6.07) is 4.51. The lowest BCUT2D eigenvalue weighted by Gasteiger charge is -2.10. The molecule has 0 aliphatic heterocycles. The molecule has 0 aliphatic rings. The summed E-state index contributed by atoms with van der Waals surface area (Å²) in [5.41, 5.74) is 5.45. The van der Waals surface area contributed by atoms with Gasteiger partial charge >= 0.3 is 0 Å². The summed E-state index contributed by atoms with van der Waals surface area (Å²) in [5, 5.41) is 0. The topological polar surface area (TPSA) is 18.1 Å². The quantitative estimate of drug-likeness (QED) is 0.778. The third-order valence-electron chi connectivity index (χ3n) is 4.13. The molecule has 0 aromatic carbocycles. The van der Waals surface area contributed by atoms with E-state index >= 15 is 0 Å². The molecule has 0 bridgehead atoms. The molecule has 2 aromatic heterocycles. The van der Waals surface area contributed by atoms with Gasteiger partial charge in [-0.1, -0.05) is 20.8 Å². The Labute approximate surface area is 116 Å². The van der Waals surface area contributed by atoms with E-state index in [0.29, 0.717) is 11.8 Å². The molecular formula is C17H25NO. The first kappa shape index (κ1) is 14.0. The molecule has 0 spiro atoms. The van der Waals surface area contributed by atoms with Crippen LogP contribution in [0.2, 0.25) is 0 Å². The maximum atomic E-state index is 5.62. The highest BCUT2D eigenvalue weighted by molar-refractivity contribution is 5.31.